The summed E-state index contributed by atoms with van der Waals surface area (Å²) < 4.78 is 29.6. The highest BCUT2D eigenvalue weighted by Gasteiger charge is 2.31. The van der Waals surface area contributed by atoms with Crippen molar-refractivity contribution >= 4 is 17.6 Å². The fourth-order valence-corrected chi connectivity index (χ4v) is 4.79. The normalized spacial score (nSPS) is 13.7. The molecule has 0 bridgehead atoms. The highest BCUT2D eigenvalue weighted by molar-refractivity contribution is 5.98. The monoisotopic (exact) mass is 532 g/mol. The van der Waals surface area contributed by atoms with Gasteiger partial charge >= 0.3 is 11.7 Å². The summed E-state index contributed by atoms with van der Waals surface area (Å²) in [7, 11) is 0. The Bertz CT molecular complexity index is 1530. The second-order valence-electron chi connectivity index (χ2n) is 9.32. The number of rotatable bonds is 6. The zero-order chi connectivity index (χ0) is 27.4. The van der Waals surface area contributed by atoms with E-state index in [1.54, 1.807) is 24.3 Å². The van der Waals surface area contributed by atoms with Crippen LogP contribution in [0.2, 0.25) is 0 Å². The number of para-hydroxylation sites is 1. The van der Waals surface area contributed by atoms with Gasteiger partial charge in [0.05, 0.1) is 0 Å². The van der Waals surface area contributed by atoms with Crippen LogP contribution >= 0.6 is 0 Å². The molecule has 2 amide bonds. The molecular weight excluding hydrogens is 506 g/mol. The number of hydrogen-bond acceptors (Lipinski definition) is 5. The molecule has 9 nitrogen and oxygen atoms in total. The zero-order valence-electron chi connectivity index (χ0n) is 21.0. The largest absolute Gasteiger partial charge is 0.377 e. The lowest BCUT2D eigenvalue weighted by Gasteiger charge is -2.33. The first-order valence-electron chi connectivity index (χ1n) is 12.7. The first kappa shape index (κ1) is 26.0. The summed E-state index contributed by atoms with van der Waals surface area (Å²) in [6, 6.07) is 18.0. The maximum Gasteiger partial charge on any atom is 0.377 e. The average molecular weight is 533 g/mol. The van der Waals surface area contributed by atoms with Crippen LogP contribution in [0, 0.1) is 11.6 Å². The van der Waals surface area contributed by atoms with Crippen molar-refractivity contribution in [2.75, 3.05) is 4.90 Å². The number of halogens is 2. The molecule has 0 spiro atoms. The van der Waals surface area contributed by atoms with Gasteiger partial charge in [-0.15, -0.1) is 4.68 Å². The number of benzene rings is 3. The van der Waals surface area contributed by atoms with Crippen molar-refractivity contribution in [1.29, 1.82) is 0 Å². The van der Waals surface area contributed by atoms with E-state index in [1.807, 2.05) is 30.3 Å². The van der Waals surface area contributed by atoms with Crippen LogP contribution in [0.4, 0.5) is 19.3 Å². The van der Waals surface area contributed by atoms with E-state index in [0.29, 0.717) is 40.0 Å². The van der Waals surface area contributed by atoms with E-state index in [9.17, 15) is 23.2 Å². The van der Waals surface area contributed by atoms with Gasteiger partial charge in [0.1, 0.15) is 5.69 Å². The molecule has 0 unspecified atom stereocenters. The number of nitrogens with one attached hydrogen (secondary N) is 1. The van der Waals surface area contributed by atoms with Crippen LogP contribution < -0.4 is 15.9 Å². The fraction of sp³-hybridized carbons (Fsp3) is 0.250. The maximum atomic E-state index is 14.3. The first-order valence-corrected chi connectivity index (χ1v) is 12.7. The van der Waals surface area contributed by atoms with E-state index in [1.165, 1.54) is 4.90 Å². The molecule has 4 aromatic rings. The molecule has 200 valence electrons. The average Bonchev–Trinajstić information content (AvgIpc) is 3.33. The number of amides is 2. The number of aromatic nitrogens is 4. The highest BCUT2D eigenvalue weighted by atomic mass is 19.1. The van der Waals surface area contributed by atoms with Crippen molar-refractivity contribution in [1.82, 2.24) is 25.1 Å². The van der Waals surface area contributed by atoms with Crippen molar-refractivity contribution in [2.45, 2.75) is 44.7 Å². The molecule has 11 heteroatoms. The van der Waals surface area contributed by atoms with Crippen molar-refractivity contribution in [3.05, 3.63) is 106 Å². The van der Waals surface area contributed by atoms with Crippen molar-refractivity contribution < 1.29 is 18.4 Å². The number of carbonyl (C=O) groups is 2. The van der Waals surface area contributed by atoms with E-state index in [0.717, 1.165) is 43.0 Å². The summed E-state index contributed by atoms with van der Waals surface area (Å²) in [5, 5.41) is 10.1. The van der Waals surface area contributed by atoms with Crippen LogP contribution in [0.25, 0.3) is 5.69 Å². The van der Waals surface area contributed by atoms with E-state index in [-0.39, 0.29) is 11.9 Å². The zero-order valence-corrected chi connectivity index (χ0v) is 21.0. The predicted octanol–water partition coefficient (Wildman–Crippen LogP) is 4.44. The third kappa shape index (κ3) is 5.47. The summed E-state index contributed by atoms with van der Waals surface area (Å²) >= 11 is 0. The quantitative estimate of drug-likeness (QED) is 0.370. The van der Waals surface area contributed by atoms with Gasteiger partial charge in [0.15, 0.2) is 11.6 Å². The van der Waals surface area contributed by atoms with Crippen LogP contribution in [0.15, 0.2) is 77.6 Å². The Morgan fingerprint density at radius 2 is 1.59 bits per heavy atom. The summed E-state index contributed by atoms with van der Waals surface area (Å²) in [5.41, 5.74) is -0.154. The fourth-order valence-electron chi connectivity index (χ4n) is 4.79. The number of carbonyl (C=O) groups excluding carboxylic acids is 2. The van der Waals surface area contributed by atoms with Gasteiger partial charge in [0.2, 0.25) is 0 Å². The lowest BCUT2D eigenvalue weighted by Crippen LogP contribution is -2.47. The molecule has 3 aromatic carbocycles. The Morgan fingerprint density at radius 1 is 0.897 bits per heavy atom. The van der Waals surface area contributed by atoms with E-state index < -0.39 is 29.0 Å². The van der Waals surface area contributed by atoms with Gasteiger partial charge in [0, 0.05) is 23.8 Å². The van der Waals surface area contributed by atoms with Crippen LogP contribution in [-0.4, -0.2) is 37.8 Å². The molecule has 1 saturated carbocycles. The Labute approximate surface area is 222 Å². The molecule has 0 atom stereocenters. The summed E-state index contributed by atoms with van der Waals surface area (Å²) in [5.74, 6) is -2.36. The molecule has 0 aliphatic heterocycles. The van der Waals surface area contributed by atoms with Gasteiger partial charge in [-0.05, 0) is 59.2 Å². The molecule has 0 saturated heterocycles. The van der Waals surface area contributed by atoms with Gasteiger partial charge in [-0.2, -0.15) is 4.68 Å². The number of hydrogen-bond donors (Lipinski definition) is 1. The van der Waals surface area contributed by atoms with Gasteiger partial charge in [-0.3, -0.25) is 9.69 Å². The topological polar surface area (TPSA) is 102 Å². The molecule has 1 aliphatic rings. The SMILES string of the molecule is O=C(NCc1ccccc1)c1cccc(N(C(=O)n2nnn(-c3c(F)cccc3F)c2=O)C2CCCCC2)c1. The predicted molar refractivity (Wildman–Crippen MR) is 140 cm³/mol. The van der Waals surface area contributed by atoms with E-state index >= 15 is 0 Å². The third-order valence-electron chi connectivity index (χ3n) is 6.74. The van der Waals surface area contributed by atoms with Crippen LogP contribution in [0.3, 0.4) is 0 Å². The lowest BCUT2D eigenvalue weighted by atomic mass is 9.94. The van der Waals surface area contributed by atoms with Gasteiger partial charge < -0.3 is 5.32 Å². The Kier molecular flexibility index (Phi) is 7.57. The molecule has 1 aliphatic carbocycles. The van der Waals surface area contributed by atoms with E-state index in [2.05, 4.69) is 15.7 Å². The second-order valence-corrected chi connectivity index (χ2v) is 9.32. The van der Waals surface area contributed by atoms with E-state index in [4.69, 9.17) is 0 Å². The minimum atomic E-state index is -1.11. The van der Waals surface area contributed by atoms with Gasteiger partial charge in [-0.25, -0.2) is 18.4 Å². The number of anilines is 1. The minimum absolute atomic E-state index is 0.267. The summed E-state index contributed by atoms with van der Waals surface area (Å²) in [6.07, 6.45) is 4.15. The molecule has 1 aromatic heterocycles. The molecule has 1 fully saturated rings. The standard InChI is InChI=1S/C28H26F2N6O3/c29-23-15-8-16-24(30)25(23)35-28(39)36(33-32-35)27(38)34(21-12-5-2-6-13-21)22-14-7-11-20(17-22)26(37)31-18-19-9-3-1-4-10-19/h1,3-4,7-11,14-17,21H,2,5-6,12-13,18H2,(H,31,37). The van der Waals surface area contributed by atoms with Crippen LogP contribution in [0.5, 0.6) is 0 Å². The van der Waals surface area contributed by atoms with Crippen molar-refractivity contribution in [2.24, 2.45) is 0 Å². The summed E-state index contributed by atoms with van der Waals surface area (Å²) in [4.78, 5) is 41.2. The molecule has 5 rings (SSSR count). The van der Waals surface area contributed by atoms with Crippen molar-refractivity contribution in [3.8, 4) is 5.69 Å². The molecule has 1 heterocycles. The maximum absolute atomic E-state index is 14.3. The molecular formula is C28H26F2N6O3. The highest BCUT2D eigenvalue weighted by Crippen LogP contribution is 2.29. The third-order valence-corrected chi connectivity index (χ3v) is 6.74. The smallest absolute Gasteiger partial charge is 0.348 e. The Morgan fingerprint density at radius 3 is 2.31 bits per heavy atom. The molecule has 0 radical (unpaired) electrons. The van der Waals surface area contributed by atoms with Crippen LogP contribution in [-0.2, 0) is 6.54 Å². The molecule has 1 N–H and O–H groups in total. The lowest BCUT2D eigenvalue weighted by molar-refractivity contribution is 0.0951. The number of nitrogens with zero attached hydrogens (tertiary/aromatic N) is 5. The Balaban J connectivity index is 1.47. The second kappa shape index (κ2) is 11.4. The van der Waals surface area contributed by atoms with Gasteiger partial charge in [-0.1, -0.05) is 61.7 Å². The first-order chi connectivity index (χ1) is 18.9. The number of tetrazole rings is 1. The Hall–Kier alpha value is -4.67. The van der Waals surface area contributed by atoms with Crippen molar-refractivity contribution in [3.63, 3.8) is 0 Å². The minimum Gasteiger partial charge on any atom is -0.348 e. The molecule has 39 heavy (non-hydrogen) atoms. The summed E-state index contributed by atoms with van der Waals surface area (Å²) in [6.45, 7) is 0.334. The van der Waals surface area contributed by atoms with Gasteiger partial charge in [0.25, 0.3) is 5.91 Å². The van der Waals surface area contributed by atoms with Crippen LogP contribution in [0.1, 0.15) is 48.0 Å².